The predicted molar refractivity (Wildman–Crippen MR) is 99.7 cm³/mol. The largest absolute Gasteiger partial charge is 0.411 e. The number of carbonyl (C=O) groups is 1. The summed E-state index contributed by atoms with van der Waals surface area (Å²) >= 11 is 0. The lowest BCUT2D eigenvalue weighted by Gasteiger charge is -2.57. The summed E-state index contributed by atoms with van der Waals surface area (Å²) < 4.78 is 0. The third kappa shape index (κ3) is 2.25. The second-order valence-corrected chi connectivity index (χ2v) is 9.49. The maximum absolute atomic E-state index is 13.4. The van der Waals surface area contributed by atoms with Gasteiger partial charge in [-0.1, -0.05) is 29.7 Å². The third-order valence-electron chi connectivity index (χ3n) is 8.46. The van der Waals surface area contributed by atoms with Crippen molar-refractivity contribution in [3.8, 4) is 0 Å². The molecular formula is C21H30N2O3. The van der Waals surface area contributed by atoms with E-state index in [0.29, 0.717) is 24.0 Å². The number of hydrogen-bond acceptors (Lipinski definition) is 5. The van der Waals surface area contributed by atoms with E-state index in [0.717, 1.165) is 49.9 Å². The standard InChI is InChI=1S/C21H30N2O3/c1-12(22-25)16-6-7-17-15-5-4-13-10-14(23-26)8-9-20(13,2)19(15)18(24)11-21(16,17)3/h10,15-17,19,25-26H,4-9,11H2,1-3H3/b22-12-,23-14+/t15-,16+,17-,19+,20-,21+/m0/s1. The number of fused-ring (bicyclic) bond motifs is 5. The molecule has 0 aromatic heterocycles. The SMILES string of the molecule is C/C(=N/O)[C@H]1CC[C@H]2[C@@H]3CCC4=C/C(=N/O)CC[C@]4(C)[C@H]3C(=O)C[C@]12C. The fourth-order valence-corrected chi connectivity index (χ4v) is 7.23. The highest BCUT2D eigenvalue weighted by Crippen LogP contribution is 2.65. The molecule has 0 saturated heterocycles. The molecule has 4 rings (SSSR count). The number of carbonyl (C=O) groups excluding carboxylic acids is 1. The van der Waals surface area contributed by atoms with Crippen LogP contribution in [0.2, 0.25) is 0 Å². The first-order chi connectivity index (χ1) is 12.3. The smallest absolute Gasteiger partial charge is 0.137 e. The van der Waals surface area contributed by atoms with Crippen molar-refractivity contribution in [1.29, 1.82) is 0 Å². The molecule has 0 spiro atoms. The monoisotopic (exact) mass is 358 g/mol. The van der Waals surface area contributed by atoms with E-state index in [-0.39, 0.29) is 22.7 Å². The fourth-order valence-electron chi connectivity index (χ4n) is 7.23. The van der Waals surface area contributed by atoms with Gasteiger partial charge in [-0.15, -0.1) is 0 Å². The van der Waals surface area contributed by atoms with Crippen LogP contribution in [-0.4, -0.2) is 27.6 Å². The van der Waals surface area contributed by atoms with Gasteiger partial charge in [-0.3, -0.25) is 4.79 Å². The highest BCUT2D eigenvalue weighted by atomic mass is 16.4. The van der Waals surface area contributed by atoms with Crippen LogP contribution in [0.4, 0.5) is 0 Å². The summed E-state index contributed by atoms with van der Waals surface area (Å²) in [6.45, 7) is 6.41. The Balaban J connectivity index is 1.72. The fraction of sp³-hybridized carbons (Fsp3) is 0.762. The average Bonchev–Trinajstić information content (AvgIpc) is 2.96. The molecule has 0 heterocycles. The summed E-state index contributed by atoms with van der Waals surface area (Å²) in [6.07, 6.45) is 8.46. The van der Waals surface area contributed by atoms with E-state index < -0.39 is 0 Å². The van der Waals surface area contributed by atoms with Crippen LogP contribution in [0.5, 0.6) is 0 Å². The molecule has 5 nitrogen and oxygen atoms in total. The highest BCUT2D eigenvalue weighted by molar-refractivity contribution is 5.97. The first-order valence-electron chi connectivity index (χ1n) is 9.98. The van der Waals surface area contributed by atoms with E-state index in [4.69, 9.17) is 5.21 Å². The number of Topliss-reactive ketones (excluding diaryl/α,β-unsaturated/α-hetero) is 1. The minimum Gasteiger partial charge on any atom is -0.411 e. The van der Waals surface area contributed by atoms with Gasteiger partial charge in [0, 0.05) is 18.3 Å². The lowest BCUT2D eigenvalue weighted by Crippen LogP contribution is -2.55. The molecule has 0 amide bonds. The molecule has 0 aromatic rings. The van der Waals surface area contributed by atoms with Gasteiger partial charge in [-0.2, -0.15) is 0 Å². The first-order valence-corrected chi connectivity index (χ1v) is 9.98. The van der Waals surface area contributed by atoms with Crippen LogP contribution >= 0.6 is 0 Å². The molecule has 0 unspecified atom stereocenters. The molecule has 0 aromatic carbocycles. The summed E-state index contributed by atoms with van der Waals surface area (Å²) in [6, 6.07) is 0. The number of hydrogen-bond donors (Lipinski definition) is 2. The maximum Gasteiger partial charge on any atom is 0.137 e. The number of rotatable bonds is 1. The van der Waals surface area contributed by atoms with Crippen molar-refractivity contribution < 1.29 is 15.2 Å². The van der Waals surface area contributed by atoms with Crippen molar-refractivity contribution in [2.24, 2.45) is 44.8 Å². The Morgan fingerprint density at radius 1 is 1.19 bits per heavy atom. The Morgan fingerprint density at radius 2 is 1.96 bits per heavy atom. The average molecular weight is 358 g/mol. The Bertz CT molecular complexity index is 725. The van der Waals surface area contributed by atoms with E-state index in [1.165, 1.54) is 5.57 Å². The lowest BCUT2D eigenvalue weighted by atomic mass is 9.46. The van der Waals surface area contributed by atoms with Gasteiger partial charge < -0.3 is 10.4 Å². The van der Waals surface area contributed by atoms with Crippen LogP contribution in [0.3, 0.4) is 0 Å². The van der Waals surface area contributed by atoms with E-state index in [9.17, 15) is 10.0 Å². The van der Waals surface area contributed by atoms with Gasteiger partial charge in [0.1, 0.15) is 5.78 Å². The van der Waals surface area contributed by atoms with Gasteiger partial charge in [0.25, 0.3) is 0 Å². The zero-order valence-electron chi connectivity index (χ0n) is 16.0. The van der Waals surface area contributed by atoms with Crippen molar-refractivity contribution in [3.05, 3.63) is 11.6 Å². The molecule has 0 aliphatic heterocycles. The number of oxime groups is 2. The lowest BCUT2D eigenvalue weighted by molar-refractivity contribution is -0.144. The zero-order chi connectivity index (χ0) is 18.7. The summed E-state index contributed by atoms with van der Waals surface area (Å²) in [5.41, 5.74) is 2.68. The van der Waals surface area contributed by atoms with Crippen molar-refractivity contribution in [2.75, 3.05) is 0 Å². The number of nitrogens with zero attached hydrogens (tertiary/aromatic N) is 2. The van der Waals surface area contributed by atoms with Crippen LogP contribution in [0.15, 0.2) is 22.0 Å². The Hall–Kier alpha value is -1.65. The van der Waals surface area contributed by atoms with Gasteiger partial charge in [0.15, 0.2) is 0 Å². The van der Waals surface area contributed by atoms with Gasteiger partial charge in [0.05, 0.1) is 11.4 Å². The second-order valence-electron chi connectivity index (χ2n) is 9.49. The van der Waals surface area contributed by atoms with Crippen molar-refractivity contribution in [1.82, 2.24) is 0 Å². The maximum atomic E-state index is 13.4. The number of allylic oxidation sites excluding steroid dienone is 2. The van der Waals surface area contributed by atoms with Crippen LogP contribution in [0, 0.1) is 34.5 Å². The first kappa shape index (κ1) is 17.7. The Labute approximate surface area is 155 Å². The molecule has 0 bridgehead atoms. The second kappa shape index (κ2) is 5.93. The summed E-state index contributed by atoms with van der Waals surface area (Å²) in [7, 11) is 0. The quantitative estimate of drug-likeness (QED) is 0.413. The van der Waals surface area contributed by atoms with E-state index >= 15 is 0 Å². The minimum absolute atomic E-state index is 0.0709. The van der Waals surface area contributed by atoms with Gasteiger partial charge in [-0.25, -0.2) is 0 Å². The van der Waals surface area contributed by atoms with Crippen LogP contribution in [0.25, 0.3) is 0 Å². The summed E-state index contributed by atoms with van der Waals surface area (Å²) in [5.74, 6) is 1.65. The van der Waals surface area contributed by atoms with Gasteiger partial charge in [-0.05, 0) is 74.2 Å². The van der Waals surface area contributed by atoms with Crippen molar-refractivity contribution in [3.63, 3.8) is 0 Å². The predicted octanol–water partition coefficient (Wildman–Crippen LogP) is 4.42. The molecule has 5 heteroatoms. The van der Waals surface area contributed by atoms with Crippen molar-refractivity contribution >= 4 is 17.2 Å². The van der Waals surface area contributed by atoms with E-state index in [2.05, 4.69) is 24.2 Å². The summed E-state index contributed by atoms with van der Waals surface area (Å²) in [5, 5.41) is 25.4. The third-order valence-corrected chi connectivity index (χ3v) is 8.46. The Kier molecular flexibility index (Phi) is 4.05. The molecule has 0 radical (unpaired) electrons. The molecule has 4 aliphatic rings. The van der Waals surface area contributed by atoms with E-state index in [1.54, 1.807) is 0 Å². The molecule has 3 fully saturated rings. The highest BCUT2D eigenvalue weighted by Gasteiger charge is 2.62. The van der Waals surface area contributed by atoms with Crippen LogP contribution in [0.1, 0.15) is 65.7 Å². The topological polar surface area (TPSA) is 82.2 Å². The number of ketones is 1. The zero-order valence-corrected chi connectivity index (χ0v) is 16.0. The molecule has 142 valence electrons. The van der Waals surface area contributed by atoms with Crippen LogP contribution < -0.4 is 0 Å². The van der Waals surface area contributed by atoms with Gasteiger partial charge in [0.2, 0.25) is 0 Å². The molecular weight excluding hydrogens is 328 g/mol. The summed E-state index contributed by atoms with van der Waals surface area (Å²) in [4.78, 5) is 13.4. The minimum atomic E-state index is -0.0896. The molecule has 6 atom stereocenters. The molecule has 4 aliphatic carbocycles. The molecule has 3 saturated carbocycles. The molecule has 2 N–H and O–H groups in total. The van der Waals surface area contributed by atoms with Crippen LogP contribution in [-0.2, 0) is 4.79 Å². The van der Waals surface area contributed by atoms with Crippen molar-refractivity contribution in [2.45, 2.75) is 65.7 Å². The molecule has 26 heavy (non-hydrogen) atoms. The van der Waals surface area contributed by atoms with Gasteiger partial charge >= 0.3 is 0 Å². The normalized spacial score (nSPS) is 47.2. The van der Waals surface area contributed by atoms with E-state index in [1.807, 2.05) is 13.0 Å². The Morgan fingerprint density at radius 3 is 2.65 bits per heavy atom.